The minimum absolute atomic E-state index is 0.138. The fraction of sp³-hybridized carbons (Fsp3) is 0.385. The fourth-order valence-corrected chi connectivity index (χ4v) is 2.51. The highest BCUT2D eigenvalue weighted by Crippen LogP contribution is 2.33. The molecule has 0 bridgehead atoms. The van der Waals surface area contributed by atoms with Gasteiger partial charge in [-0.2, -0.15) is 5.10 Å². The monoisotopic (exact) mass is 246 g/mol. The molecular formula is C13H15FN4. The first-order chi connectivity index (χ1) is 8.71. The molecule has 0 atom stereocenters. The first kappa shape index (κ1) is 11.3. The molecule has 0 unspecified atom stereocenters. The normalized spacial score (nSPS) is 17.4. The highest BCUT2D eigenvalue weighted by atomic mass is 19.1. The molecular weight excluding hydrogens is 231 g/mol. The van der Waals surface area contributed by atoms with Crippen molar-refractivity contribution in [3.05, 3.63) is 47.8 Å². The van der Waals surface area contributed by atoms with E-state index in [-0.39, 0.29) is 11.2 Å². The van der Waals surface area contributed by atoms with Crippen LogP contribution in [0.3, 0.4) is 0 Å². The van der Waals surface area contributed by atoms with Crippen LogP contribution in [0.4, 0.5) is 4.39 Å². The van der Waals surface area contributed by atoms with Gasteiger partial charge >= 0.3 is 0 Å². The zero-order valence-electron chi connectivity index (χ0n) is 10.2. The SMILES string of the molecule is Cn1ncnc1CC1(c2ccccc2F)CNC1. The van der Waals surface area contributed by atoms with Gasteiger partial charge in [0.25, 0.3) is 0 Å². The number of aromatic nitrogens is 3. The van der Waals surface area contributed by atoms with Crippen LogP contribution in [0.2, 0.25) is 0 Å². The Morgan fingerprint density at radius 3 is 2.72 bits per heavy atom. The number of rotatable bonds is 3. The Kier molecular flexibility index (Phi) is 2.63. The number of halogens is 1. The average Bonchev–Trinajstić information content (AvgIpc) is 2.71. The molecule has 2 heterocycles. The molecule has 0 amide bonds. The van der Waals surface area contributed by atoms with Gasteiger partial charge in [-0.05, 0) is 11.6 Å². The third-order valence-corrected chi connectivity index (χ3v) is 3.67. The zero-order chi connectivity index (χ0) is 12.6. The van der Waals surface area contributed by atoms with Gasteiger partial charge in [0.15, 0.2) is 0 Å². The molecule has 0 aliphatic carbocycles. The lowest BCUT2D eigenvalue weighted by atomic mass is 9.72. The van der Waals surface area contributed by atoms with Crippen molar-refractivity contribution >= 4 is 0 Å². The molecule has 1 N–H and O–H groups in total. The van der Waals surface area contributed by atoms with E-state index in [2.05, 4.69) is 15.4 Å². The number of hydrogen-bond donors (Lipinski definition) is 1. The summed E-state index contributed by atoms with van der Waals surface area (Å²) >= 11 is 0. The van der Waals surface area contributed by atoms with E-state index in [9.17, 15) is 4.39 Å². The van der Waals surface area contributed by atoms with Gasteiger partial charge in [0.2, 0.25) is 0 Å². The standard InChI is InChI=1S/C13H15FN4/c1-18-12(16-9-17-18)6-13(7-15-8-13)10-4-2-3-5-11(10)14/h2-5,9,15H,6-8H2,1H3. The second-order valence-electron chi connectivity index (χ2n) is 4.84. The highest BCUT2D eigenvalue weighted by Gasteiger charge is 2.41. The average molecular weight is 246 g/mol. The molecule has 1 fully saturated rings. The van der Waals surface area contributed by atoms with E-state index in [4.69, 9.17) is 0 Å². The molecule has 0 spiro atoms. The molecule has 3 rings (SSSR count). The van der Waals surface area contributed by atoms with Gasteiger partial charge in [-0.15, -0.1) is 0 Å². The zero-order valence-corrected chi connectivity index (χ0v) is 10.2. The van der Waals surface area contributed by atoms with E-state index >= 15 is 0 Å². The number of nitrogens with one attached hydrogen (secondary N) is 1. The highest BCUT2D eigenvalue weighted by molar-refractivity contribution is 5.32. The summed E-state index contributed by atoms with van der Waals surface area (Å²) in [6, 6.07) is 6.99. The molecule has 4 nitrogen and oxygen atoms in total. The number of nitrogens with zero attached hydrogens (tertiary/aromatic N) is 3. The molecule has 1 aromatic heterocycles. The molecule has 2 aromatic rings. The van der Waals surface area contributed by atoms with Gasteiger partial charge in [-0.25, -0.2) is 9.37 Å². The van der Waals surface area contributed by atoms with Crippen molar-refractivity contribution in [1.29, 1.82) is 0 Å². The Labute approximate surface area is 105 Å². The molecule has 5 heteroatoms. The van der Waals surface area contributed by atoms with Crippen molar-refractivity contribution in [2.45, 2.75) is 11.8 Å². The quantitative estimate of drug-likeness (QED) is 0.880. The maximum absolute atomic E-state index is 14.0. The van der Waals surface area contributed by atoms with Crippen LogP contribution in [0.15, 0.2) is 30.6 Å². The van der Waals surface area contributed by atoms with Crippen LogP contribution in [0.5, 0.6) is 0 Å². The maximum atomic E-state index is 14.0. The molecule has 1 aliphatic rings. The van der Waals surface area contributed by atoms with E-state index in [1.165, 1.54) is 12.4 Å². The van der Waals surface area contributed by atoms with Crippen LogP contribution >= 0.6 is 0 Å². The summed E-state index contributed by atoms with van der Waals surface area (Å²) in [5.74, 6) is 0.751. The molecule has 1 aliphatic heterocycles. The summed E-state index contributed by atoms with van der Waals surface area (Å²) < 4.78 is 15.7. The lowest BCUT2D eigenvalue weighted by Gasteiger charge is -2.43. The summed E-state index contributed by atoms with van der Waals surface area (Å²) in [5.41, 5.74) is 0.582. The lowest BCUT2D eigenvalue weighted by Crippen LogP contribution is -2.58. The van der Waals surface area contributed by atoms with Crippen LogP contribution in [0, 0.1) is 5.82 Å². The molecule has 1 saturated heterocycles. The summed E-state index contributed by atoms with van der Waals surface area (Å²) in [7, 11) is 1.86. The summed E-state index contributed by atoms with van der Waals surface area (Å²) in [6.45, 7) is 1.56. The van der Waals surface area contributed by atoms with Crippen LogP contribution in [-0.2, 0) is 18.9 Å². The van der Waals surface area contributed by atoms with Crippen molar-refractivity contribution in [1.82, 2.24) is 20.1 Å². The third-order valence-electron chi connectivity index (χ3n) is 3.67. The lowest BCUT2D eigenvalue weighted by molar-refractivity contribution is 0.259. The van der Waals surface area contributed by atoms with Crippen molar-refractivity contribution < 1.29 is 4.39 Å². The maximum Gasteiger partial charge on any atom is 0.138 e. The van der Waals surface area contributed by atoms with Crippen molar-refractivity contribution in [3.63, 3.8) is 0 Å². The van der Waals surface area contributed by atoms with E-state index in [0.29, 0.717) is 6.42 Å². The summed E-state index contributed by atoms with van der Waals surface area (Å²) in [6.07, 6.45) is 2.24. The summed E-state index contributed by atoms with van der Waals surface area (Å²) in [4.78, 5) is 4.24. The fourth-order valence-electron chi connectivity index (χ4n) is 2.51. The Balaban J connectivity index is 1.96. The van der Waals surface area contributed by atoms with Crippen LogP contribution in [-0.4, -0.2) is 27.9 Å². The molecule has 94 valence electrons. The van der Waals surface area contributed by atoms with Gasteiger partial charge in [-0.1, -0.05) is 18.2 Å². The topological polar surface area (TPSA) is 42.7 Å². The molecule has 18 heavy (non-hydrogen) atoms. The molecule has 1 aromatic carbocycles. The predicted molar refractivity (Wildman–Crippen MR) is 65.7 cm³/mol. The minimum Gasteiger partial charge on any atom is -0.315 e. The molecule has 0 saturated carbocycles. The van der Waals surface area contributed by atoms with E-state index in [0.717, 1.165) is 24.5 Å². The molecule has 0 radical (unpaired) electrons. The third kappa shape index (κ3) is 1.71. The number of benzene rings is 1. The largest absolute Gasteiger partial charge is 0.315 e. The first-order valence-corrected chi connectivity index (χ1v) is 6.00. The van der Waals surface area contributed by atoms with Crippen molar-refractivity contribution in [2.75, 3.05) is 13.1 Å². The minimum atomic E-state index is -0.188. The van der Waals surface area contributed by atoms with Crippen LogP contribution < -0.4 is 5.32 Å². The Morgan fingerprint density at radius 2 is 2.17 bits per heavy atom. The Bertz CT molecular complexity index is 560. The number of aryl methyl sites for hydroxylation is 1. The smallest absolute Gasteiger partial charge is 0.138 e. The van der Waals surface area contributed by atoms with Gasteiger partial charge in [0, 0.05) is 32.0 Å². The van der Waals surface area contributed by atoms with Gasteiger partial charge in [-0.3, -0.25) is 4.68 Å². The van der Waals surface area contributed by atoms with Gasteiger partial charge < -0.3 is 5.32 Å². The van der Waals surface area contributed by atoms with Crippen molar-refractivity contribution in [3.8, 4) is 0 Å². The predicted octanol–water partition coefficient (Wildman–Crippen LogP) is 1.04. The van der Waals surface area contributed by atoms with E-state index < -0.39 is 0 Å². The van der Waals surface area contributed by atoms with Crippen LogP contribution in [0.25, 0.3) is 0 Å². The van der Waals surface area contributed by atoms with Gasteiger partial charge in [0.05, 0.1) is 0 Å². The Morgan fingerprint density at radius 1 is 1.39 bits per heavy atom. The van der Waals surface area contributed by atoms with Gasteiger partial charge in [0.1, 0.15) is 18.0 Å². The second-order valence-corrected chi connectivity index (χ2v) is 4.84. The van der Waals surface area contributed by atoms with E-state index in [1.807, 2.05) is 19.2 Å². The Hall–Kier alpha value is -1.75. The first-order valence-electron chi connectivity index (χ1n) is 6.00. The summed E-state index contributed by atoms with van der Waals surface area (Å²) in [5, 5.41) is 7.30. The van der Waals surface area contributed by atoms with E-state index in [1.54, 1.807) is 10.7 Å². The van der Waals surface area contributed by atoms with Crippen LogP contribution in [0.1, 0.15) is 11.4 Å². The second kappa shape index (κ2) is 4.17. The van der Waals surface area contributed by atoms with Crippen molar-refractivity contribution in [2.24, 2.45) is 7.05 Å². The number of hydrogen-bond acceptors (Lipinski definition) is 3.